The number of carboxylic acids is 1. The summed E-state index contributed by atoms with van der Waals surface area (Å²) in [6.07, 6.45) is 2.82. The van der Waals surface area contributed by atoms with Crippen LogP contribution in [-0.2, 0) is 19.2 Å². The largest absolute Gasteiger partial charge is 0.480 e. The van der Waals surface area contributed by atoms with Crippen molar-refractivity contribution in [3.8, 4) is 0 Å². The zero-order valence-corrected chi connectivity index (χ0v) is 21.0. The SMILES string of the molecule is CCC(C)C(NC(=O)C(N)CCCCN)C(=O)NC(C(=O)NC(CC(C)C)C(=O)O)C(C)C. The Labute approximate surface area is 198 Å². The van der Waals surface area contributed by atoms with Crippen molar-refractivity contribution in [3.63, 3.8) is 0 Å². The minimum Gasteiger partial charge on any atom is -0.480 e. The highest BCUT2D eigenvalue weighted by Gasteiger charge is 2.33. The Morgan fingerprint density at radius 1 is 0.848 bits per heavy atom. The molecule has 0 spiro atoms. The molecular weight excluding hydrogens is 426 g/mol. The summed E-state index contributed by atoms with van der Waals surface area (Å²) in [7, 11) is 0. The number of hydrogen-bond donors (Lipinski definition) is 6. The summed E-state index contributed by atoms with van der Waals surface area (Å²) in [5, 5.41) is 17.4. The van der Waals surface area contributed by atoms with Crippen LogP contribution in [0.1, 0.15) is 73.6 Å². The molecule has 0 bridgehead atoms. The van der Waals surface area contributed by atoms with Crippen LogP contribution in [0.3, 0.4) is 0 Å². The highest BCUT2D eigenvalue weighted by molar-refractivity contribution is 5.94. The number of nitrogens with two attached hydrogens (primary N) is 2. The molecule has 10 heteroatoms. The first kappa shape index (κ1) is 30.8. The van der Waals surface area contributed by atoms with Gasteiger partial charge in [0.15, 0.2) is 0 Å². The number of rotatable bonds is 16. The summed E-state index contributed by atoms with van der Waals surface area (Å²) >= 11 is 0. The average molecular weight is 472 g/mol. The Bertz CT molecular complexity index is 641. The zero-order valence-electron chi connectivity index (χ0n) is 21.0. The van der Waals surface area contributed by atoms with Gasteiger partial charge in [-0.05, 0) is 43.6 Å². The summed E-state index contributed by atoms with van der Waals surface area (Å²) in [4.78, 5) is 50.0. The van der Waals surface area contributed by atoms with E-state index in [-0.39, 0.29) is 24.2 Å². The zero-order chi connectivity index (χ0) is 25.7. The molecule has 8 N–H and O–H groups in total. The predicted octanol–water partition coefficient (Wildman–Crippen LogP) is 0.730. The molecule has 0 aliphatic carbocycles. The monoisotopic (exact) mass is 471 g/mol. The lowest BCUT2D eigenvalue weighted by molar-refractivity contribution is -0.143. The molecule has 0 radical (unpaired) electrons. The fourth-order valence-electron chi connectivity index (χ4n) is 3.33. The van der Waals surface area contributed by atoms with Gasteiger partial charge in [0.05, 0.1) is 6.04 Å². The van der Waals surface area contributed by atoms with E-state index in [0.717, 1.165) is 6.42 Å². The van der Waals surface area contributed by atoms with Crippen LogP contribution in [0.25, 0.3) is 0 Å². The van der Waals surface area contributed by atoms with E-state index in [1.807, 2.05) is 27.7 Å². The van der Waals surface area contributed by atoms with Crippen molar-refractivity contribution in [1.82, 2.24) is 16.0 Å². The van der Waals surface area contributed by atoms with Crippen LogP contribution in [0.4, 0.5) is 0 Å². The van der Waals surface area contributed by atoms with E-state index >= 15 is 0 Å². The second kappa shape index (κ2) is 15.6. The quantitative estimate of drug-likeness (QED) is 0.180. The maximum atomic E-state index is 13.1. The summed E-state index contributed by atoms with van der Waals surface area (Å²) < 4.78 is 0. The molecule has 0 rings (SSSR count). The summed E-state index contributed by atoms with van der Waals surface area (Å²) in [5.74, 6) is -3.06. The van der Waals surface area contributed by atoms with Gasteiger partial charge >= 0.3 is 5.97 Å². The normalized spacial score (nSPS) is 15.9. The highest BCUT2D eigenvalue weighted by Crippen LogP contribution is 2.12. The van der Waals surface area contributed by atoms with Gasteiger partial charge in [-0.25, -0.2) is 4.79 Å². The minimum atomic E-state index is -1.13. The summed E-state index contributed by atoms with van der Waals surface area (Å²) in [6.45, 7) is 11.5. The van der Waals surface area contributed by atoms with E-state index in [0.29, 0.717) is 25.8 Å². The van der Waals surface area contributed by atoms with Gasteiger partial charge in [0.2, 0.25) is 17.7 Å². The Morgan fingerprint density at radius 3 is 1.85 bits per heavy atom. The van der Waals surface area contributed by atoms with Crippen LogP contribution < -0.4 is 27.4 Å². The predicted molar refractivity (Wildman–Crippen MR) is 128 cm³/mol. The van der Waals surface area contributed by atoms with E-state index in [2.05, 4.69) is 16.0 Å². The number of unbranched alkanes of at least 4 members (excludes halogenated alkanes) is 1. The van der Waals surface area contributed by atoms with Gasteiger partial charge < -0.3 is 32.5 Å². The number of carbonyl (C=O) groups excluding carboxylic acids is 3. The van der Waals surface area contributed by atoms with Gasteiger partial charge in [0, 0.05) is 0 Å². The molecule has 5 atom stereocenters. The van der Waals surface area contributed by atoms with Crippen molar-refractivity contribution < 1.29 is 24.3 Å². The number of amides is 3. The van der Waals surface area contributed by atoms with E-state index < -0.39 is 47.9 Å². The van der Waals surface area contributed by atoms with E-state index in [1.165, 1.54) is 0 Å². The number of nitrogens with one attached hydrogen (secondary N) is 3. The third-order valence-corrected chi connectivity index (χ3v) is 5.67. The van der Waals surface area contributed by atoms with Gasteiger partial charge in [-0.15, -0.1) is 0 Å². The van der Waals surface area contributed by atoms with E-state index in [9.17, 15) is 24.3 Å². The molecular formula is C23H45N5O5. The van der Waals surface area contributed by atoms with Crippen molar-refractivity contribution >= 4 is 23.7 Å². The van der Waals surface area contributed by atoms with Gasteiger partial charge in [0.25, 0.3) is 0 Å². The first-order chi connectivity index (χ1) is 15.3. The molecule has 0 fully saturated rings. The van der Waals surface area contributed by atoms with Crippen LogP contribution >= 0.6 is 0 Å². The first-order valence-electron chi connectivity index (χ1n) is 11.9. The maximum absolute atomic E-state index is 13.1. The highest BCUT2D eigenvalue weighted by atomic mass is 16.4. The average Bonchev–Trinajstić information content (AvgIpc) is 2.73. The lowest BCUT2D eigenvalue weighted by Crippen LogP contribution is -2.59. The Morgan fingerprint density at radius 2 is 1.39 bits per heavy atom. The maximum Gasteiger partial charge on any atom is 0.326 e. The summed E-state index contributed by atoms with van der Waals surface area (Å²) in [5.41, 5.74) is 11.4. The van der Waals surface area contributed by atoms with Crippen LogP contribution in [-0.4, -0.2) is 59.5 Å². The fraction of sp³-hybridized carbons (Fsp3) is 0.826. The molecule has 0 aromatic heterocycles. The van der Waals surface area contributed by atoms with Crippen LogP contribution in [0.5, 0.6) is 0 Å². The van der Waals surface area contributed by atoms with Gasteiger partial charge in [-0.3, -0.25) is 14.4 Å². The molecule has 33 heavy (non-hydrogen) atoms. The second-order valence-electron chi connectivity index (χ2n) is 9.52. The molecule has 0 aliphatic heterocycles. The Kier molecular flexibility index (Phi) is 14.6. The molecule has 0 heterocycles. The standard InChI is InChI=1S/C23H45N5O5/c1-7-15(6)19(28-20(29)16(25)10-8-9-11-24)22(31)27-18(14(4)5)21(30)26-17(23(32)33)12-13(2)3/h13-19H,7-12,24-25H2,1-6H3,(H,26,30)(H,27,31)(H,28,29)(H,32,33). The summed E-state index contributed by atoms with van der Waals surface area (Å²) in [6, 6.07) is -3.63. The van der Waals surface area contributed by atoms with Crippen molar-refractivity contribution in [1.29, 1.82) is 0 Å². The second-order valence-corrected chi connectivity index (χ2v) is 9.52. The smallest absolute Gasteiger partial charge is 0.326 e. The molecule has 3 amide bonds. The van der Waals surface area contributed by atoms with Crippen molar-refractivity contribution in [2.75, 3.05) is 6.54 Å². The van der Waals surface area contributed by atoms with Crippen molar-refractivity contribution in [3.05, 3.63) is 0 Å². The lowest BCUT2D eigenvalue weighted by Gasteiger charge is -2.29. The molecule has 0 saturated heterocycles. The van der Waals surface area contributed by atoms with Gasteiger partial charge in [0.1, 0.15) is 18.1 Å². The third-order valence-electron chi connectivity index (χ3n) is 5.67. The van der Waals surface area contributed by atoms with Crippen molar-refractivity contribution in [2.24, 2.45) is 29.2 Å². The van der Waals surface area contributed by atoms with Crippen molar-refractivity contribution in [2.45, 2.75) is 97.8 Å². The first-order valence-corrected chi connectivity index (χ1v) is 11.9. The molecule has 5 unspecified atom stereocenters. The van der Waals surface area contributed by atoms with Gasteiger partial charge in [-0.1, -0.05) is 54.4 Å². The lowest BCUT2D eigenvalue weighted by atomic mass is 9.95. The van der Waals surface area contributed by atoms with Gasteiger partial charge in [-0.2, -0.15) is 0 Å². The van der Waals surface area contributed by atoms with E-state index in [1.54, 1.807) is 13.8 Å². The van der Waals surface area contributed by atoms with Crippen LogP contribution in [0, 0.1) is 17.8 Å². The molecule has 0 aliphatic rings. The number of carboxylic acid groups (broad SMARTS) is 1. The Hall–Kier alpha value is -2.20. The fourth-order valence-corrected chi connectivity index (χ4v) is 3.33. The number of carbonyl (C=O) groups is 4. The molecule has 0 aromatic rings. The molecule has 0 saturated carbocycles. The van der Waals surface area contributed by atoms with E-state index in [4.69, 9.17) is 11.5 Å². The molecule has 192 valence electrons. The third kappa shape index (κ3) is 11.5. The molecule has 0 aromatic carbocycles. The van der Waals surface area contributed by atoms with Crippen LogP contribution in [0.15, 0.2) is 0 Å². The Balaban J connectivity index is 5.39. The number of hydrogen-bond acceptors (Lipinski definition) is 6. The molecule has 10 nitrogen and oxygen atoms in total. The van der Waals surface area contributed by atoms with Crippen LogP contribution in [0.2, 0.25) is 0 Å². The minimum absolute atomic E-state index is 0.0672. The number of aliphatic carboxylic acids is 1. The topological polar surface area (TPSA) is 177 Å².